The molecule has 4 rings (SSSR count). The highest BCUT2D eigenvalue weighted by molar-refractivity contribution is 7.22. The zero-order valence-corrected chi connectivity index (χ0v) is 20.7. The fraction of sp³-hybridized carbons (Fsp3) is 0.458. The Morgan fingerprint density at radius 2 is 2.06 bits per heavy atom. The zero-order chi connectivity index (χ0) is 24.4. The highest BCUT2D eigenvalue weighted by Gasteiger charge is 2.28. The van der Waals surface area contributed by atoms with Crippen LogP contribution in [0.25, 0.3) is 10.3 Å². The first-order valence-electron chi connectivity index (χ1n) is 11.5. The molecule has 34 heavy (non-hydrogen) atoms. The van der Waals surface area contributed by atoms with Gasteiger partial charge < -0.3 is 15.5 Å². The average Bonchev–Trinajstić information content (AvgIpc) is 3.23. The number of aryl methyl sites for hydroxylation is 2. The first kappa shape index (κ1) is 23.9. The van der Waals surface area contributed by atoms with Crippen LogP contribution in [0, 0.1) is 19.8 Å². The highest BCUT2D eigenvalue weighted by Crippen LogP contribution is 2.29. The van der Waals surface area contributed by atoms with E-state index >= 15 is 0 Å². The molecule has 1 atom stereocenters. The molecule has 1 fully saturated rings. The number of rotatable bonds is 6. The molecular weight excluding hydrogens is 452 g/mol. The maximum atomic E-state index is 13.1. The summed E-state index contributed by atoms with van der Waals surface area (Å²) < 4.78 is 1.71. The van der Waals surface area contributed by atoms with Crippen molar-refractivity contribution in [1.82, 2.24) is 19.9 Å². The quantitative estimate of drug-likeness (QED) is 0.559. The first-order chi connectivity index (χ1) is 16.2. The van der Waals surface area contributed by atoms with Crippen LogP contribution in [-0.2, 0) is 16.1 Å². The molecule has 3 heterocycles. The van der Waals surface area contributed by atoms with E-state index in [4.69, 9.17) is 0 Å². The van der Waals surface area contributed by atoms with Gasteiger partial charge in [0.05, 0.1) is 5.92 Å². The molecule has 10 heteroatoms. The Labute approximate surface area is 202 Å². The number of aromatic nitrogens is 3. The van der Waals surface area contributed by atoms with E-state index in [9.17, 15) is 14.4 Å². The van der Waals surface area contributed by atoms with Crippen molar-refractivity contribution >= 4 is 44.3 Å². The monoisotopic (exact) mass is 482 g/mol. The molecule has 0 bridgehead atoms. The van der Waals surface area contributed by atoms with Crippen molar-refractivity contribution in [2.45, 2.75) is 53.1 Å². The fourth-order valence-electron chi connectivity index (χ4n) is 4.07. The Balaban J connectivity index is 1.50. The average molecular weight is 483 g/mol. The number of carbonyl (C=O) groups excluding carboxylic acids is 2. The molecule has 2 N–H and O–H groups in total. The summed E-state index contributed by atoms with van der Waals surface area (Å²) >= 11 is 1.26. The van der Waals surface area contributed by atoms with E-state index in [0.717, 1.165) is 36.2 Å². The molecule has 3 aromatic rings. The Morgan fingerprint density at radius 3 is 2.82 bits per heavy atom. The van der Waals surface area contributed by atoms with Gasteiger partial charge in [-0.05, 0) is 57.7 Å². The van der Waals surface area contributed by atoms with Gasteiger partial charge in [0.2, 0.25) is 11.8 Å². The molecular formula is C24H30N6O3S. The molecule has 1 aliphatic heterocycles. The van der Waals surface area contributed by atoms with E-state index in [1.807, 2.05) is 45.9 Å². The number of piperidine rings is 1. The molecule has 1 saturated heterocycles. The number of nitrogens with one attached hydrogen (secondary N) is 2. The number of hydrogen-bond donors (Lipinski definition) is 2. The molecule has 9 nitrogen and oxygen atoms in total. The third-order valence-electron chi connectivity index (χ3n) is 5.85. The normalized spacial score (nSPS) is 16.1. The molecule has 0 radical (unpaired) electrons. The Morgan fingerprint density at radius 1 is 1.26 bits per heavy atom. The topological polar surface area (TPSA) is 109 Å². The maximum absolute atomic E-state index is 13.1. The summed E-state index contributed by atoms with van der Waals surface area (Å²) in [5.41, 5.74) is 2.79. The van der Waals surface area contributed by atoms with Crippen LogP contribution < -0.4 is 21.1 Å². The van der Waals surface area contributed by atoms with E-state index in [1.165, 1.54) is 22.2 Å². The van der Waals surface area contributed by atoms with Crippen LogP contribution in [0.5, 0.6) is 0 Å². The number of thiazole rings is 1. The van der Waals surface area contributed by atoms with E-state index in [1.54, 1.807) is 0 Å². The first-order valence-corrected chi connectivity index (χ1v) is 12.3. The van der Waals surface area contributed by atoms with E-state index in [-0.39, 0.29) is 35.9 Å². The predicted molar refractivity (Wildman–Crippen MR) is 134 cm³/mol. The third-order valence-corrected chi connectivity index (χ3v) is 6.94. The molecule has 2 amide bonds. The smallest absolute Gasteiger partial charge is 0.273 e. The van der Waals surface area contributed by atoms with Crippen LogP contribution in [-0.4, -0.2) is 45.5 Å². The number of anilines is 2. The fourth-order valence-corrected chi connectivity index (χ4v) is 5.07. The number of fused-ring (bicyclic) bond motifs is 1. The molecule has 0 saturated carbocycles. The largest absolute Gasteiger partial charge is 0.354 e. The standard InChI is InChI=1S/C24H30N6O3S/c1-14(2)26-22(32)17-6-5-9-29(11-17)24-28-21-20(34-24)23(33)30(13-25-21)12-19(31)27-18-10-15(3)7-8-16(18)4/h7-8,10,13-14,17H,5-6,9,11-12H2,1-4H3,(H,26,32)(H,27,31)/t17-/m0/s1. The van der Waals surface area contributed by atoms with Gasteiger partial charge in [0, 0.05) is 24.8 Å². The Bertz CT molecular complexity index is 1280. The second-order valence-electron chi connectivity index (χ2n) is 9.14. The van der Waals surface area contributed by atoms with Crippen molar-refractivity contribution in [3.8, 4) is 0 Å². The Kier molecular flexibility index (Phi) is 6.97. The van der Waals surface area contributed by atoms with Gasteiger partial charge in [0.25, 0.3) is 5.56 Å². The van der Waals surface area contributed by atoms with E-state index < -0.39 is 0 Å². The minimum atomic E-state index is -0.295. The zero-order valence-electron chi connectivity index (χ0n) is 19.9. The van der Waals surface area contributed by atoms with Gasteiger partial charge in [-0.2, -0.15) is 4.98 Å². The van der Waals surface area contributed by atoms with Gasteiger partial charge in [-0.25, -0.2) is 4.98 Å². The van der Waals surface area contributed by atoms with Gasteiger partial charge in [0.15, 0.2) is 10.8 Å². The van der Waals surface area contributed by atoms with Crippen molar-refractivity contribution < 1.29 is 9.59 Å². The summed E-state index contributed by atoms with van der Waals surface area (Å²) in [7, 11) is 0. The third kappa shape index (κ3) is 5.27. The van der Waals surface area contributed by atoms with Crippen LogP contribution in [0.3, 0.4) is 0 Å². The van der Waals surface area contributed by atoms with Crippen LogP contribution >= 0.6 is 11.3 Å². The summed E-state index contributed by atoms with van der Waals surface area (Å²) in [4.78, 5) is 49.1. The summed E-state index contributed by atoms with van der Waals surface area (Å²) in [6, 6.07) is 5.93. The molecule has 180 valence electrons. The summed E-state index contributed by atoms with van der Waals surface area (Å²) in [5.74, 6) is -0.352. The van der Waals surface area contributed by atoms with Crippen LogP contribution in [0.4, 0.5) is 10.8 Å². The molecule has 2 aromatic heterocycles. The summed E-state index contributed by atoms with van der Waals surface area (Å²) in [6.07, 6.45) is 3.08. The molecule has 0 spiro atoms. The van der Waals surface area contributed by atoms with Gasteiger partial charge in [-0.3, -0.25) is 19.0 Å². The molecule has 1 aliphatic rings. The number of hydrogen-bond acceptors (Lipinski definition) is 7. The number of benzene rings is 1. The van der Waals surface area contributed by atoms with E-state index in [2.05, 4.69) is 25.5 Å². The SMILES string of the molecule is Cc1ccc(C)c(NC(=O)Cn2cnc3nc(N4CCC[C@H](C(=O)NC(C)C)C4)sc3c2=O)c1. The lowest BCUT2D eigenvalue weighted by atomic mass is 9.97. The number of carbonyl (C=O) groups is 2. The van der Waals surface area contributed by atoms with Crippen molar-refractivity contribution in [3.63, 3.8) is 0 Å². The molecule has 1 aromatic carbocycles. The van der Waals surface area contributed by atoms with Crippen molar-refractivity contribution in [3.05, 3.63) is 46.0 Å². The van der Waals surface area contributed by atoms with Gasteiger partial charge in [-0.1, -0.05) is 23.5 Å². The van der Waals surface area contributed by atoms with Crippen LogP contribution in [0.15, 0.2) is 29.3 Å². The number of amides is 2. The molecule has 0 aliphatic carbocycles. The second-order valence-corrected chi connectivity index (χ2v) is 10.1. The predicted octanol–water partition coefficient (Wildman–Crippen LogP) is 2.85. The van der Waals surface area contributed by atoms with Gasteiger partial charge in [-0.15, -0.1) is 0 Å². The van der Waals surface area contributed by atoms with Gasteiger partial charge in [0.1, 0.15) is 17.6 Å². The van der Waals surface area contributed by atoms with Crippen molar-refractivity contribution in [2.24, 2.45) is 5.92 Å². The summed E-state index contributed by atoms with van der Waals surface area (Å²) in [6.45, 7) is 8.98. The van der Waals surface area contributed by atoms with Gasteiger partial charge >= 0.3 is 0 Å². The van der Waals surface area contributed by atoms with Crippen molar-refractivity contribution in [1.29, 1.82) is 0 Å². The minimum Gasteiger partial charge on any atom is -0.354 e. The highest BCUT2D eigenvalue weighted by atomic mass is 32.1. The second kappa shape index (κ2) is 9.92. The Hall–Kier alpha value is -3.27. The van der Waals surface area contributed by atoms with Crippen LogP contribution in [0.1, 0.15) is 37.8 Å². The lowest BCUT2D eigenvalue weighted by Crippen LogP contribution is -2.44. The lowest BCUT2D eigenvalue weighted by molar-refractivity contribution is -0.125. The van der Waals surface area contributed by atoms with Crippen LogP contribution in [0.2, 0.25) is 0 Å². The lowest BCUT2D eigenvalue weighted by Gasteiger charge is -2.32. The van der Waals surface area contributed by atoms with E-state index in [0.29, 0.717) is 22.0 Å². The van der Waals surface area contributed by atoms with Crippen molar-refractivity contribution in [2.75, 3.05) is 23.3 Å². The summed E-state index contributed by atoms with van der Waals surface area (Å²) in [5, 5.41) is 6.54. The minimum absolute atomic E-state index is 0.0520. The maximum Gasteiger partial charge on any atom is 0.273 e. The number of nitrogens with zero attached hydrogens (tertiary/aromatic N) is 4. The molecule has 0 unspecified atom stereocenters.